The van der Waals surface area contributed by atoms with Crippen LogP contribution in [0.15, 0.2) is 17.5 Å². The third kappa shape index (κ3) is 2.53. The summed E-state index contributed by atoms with van der Waals surface area (Å²) >= 11 is 1.12. The number of aromatic carboxylic acids is 1. The first kappa shape index (κ1) is 14.1. The number of thiophene rings is 1. The maximum atomic E-state index is 12.1. The highest BCUT2D eigenvalue weighted by Gasteiger charge is 2.16. The Morgan fingerprint density at radius 1 is 1.27 bits per heavy atom. The summed E-state index contributed by atoms with van der Waals surface area (Å²) in [6, 6.07) is 3.22. The van der Waals surface area contributed by atoms with Crippen LogP contribution < -0.4 is 5.32 Å². The highest BCUT2D eigenvalue weighted by Crippen LogP contribution is 2.20. The van der Waals surface area contributed by atoms with Crippen LogP contribution in [0.5, 0.6) is 0 Å². The molecule has 0 radical (unpaired) electrons. The lowest BCUT2D eigenvalue weighted by molar-refractivity contribution is 0.0697. The van der Waals surface area contributed by atoms with E-state index >= 15 is 0 Å². The summed E-state index contributed by atoms with van der Waals surface area (Å²) in [6.07, 6.45) is 0. The molecule has 0 fully saturated rings. The van der Waals surface area contributed by atoms with Crippen molar-refractivity contribution in [2.45, 2.75) is 13.8 Å². The van der Waals surface area contributed by atoms with Gasteiger partial charge in [-0.15, -0.1) is 16.4 Å². The molecule has 0 aliphatic rings. The number of aromatic nitrogens is 4. The number of carboxylic acid groups (broad SMARTS) is 1. The molecule has 8 nitrogen and oxygen atoms in total. The van der Waals surface area contributed by atoms with Crippen LogP contribution in [0.2, 0.25) is 0 Å². The molecule has 0 saturated carbocycles. The maximum absolute atomic E-state index is 12.1. The van der Waals surface area contributed by atoms with Crippen LogP contribution in [0.4, 0.5) is 5.00 Å². The summed E-state index contributed by atoms with van der Waals surface area (Å²) in [5.41, 5.74) is 1.73. The monoisotopic (exact) mass is 317 g/mol. The predicted octanol–water partition coefficient (Wildman–Crippen LogP) is 1.75. The van der Waals surface area contributed by atoms with E-state index in [-0.39, 0.29) is 11.4 Å². The fourth-order valence-corrected chi connectivity index (χ4v) is 2.71. The molecular formula is C13H11N5O3S. The van der Waals surface area contributed by atoms with Gasteiger partial charge in [-0.05, 0) is 26.0 Å². The number of carboxylic acids is 1. The zero-order chi connectivity index (χ0) is 15.9. The molecule has 2 N–H and O–H groups in total. The summed E-state index contributed by atoms with van der Waals surface area (Å²) in [6.45, 7) is 3.68. The number of carbonyl (C=O) groups excluding carboxylic acids is 1. The molecule has 0 aromatic carbocycles. The third-order valence-electron chi connectivity index (χ3n) is 2.90. The Morgan fingerprint density at radius 2 is 2.05 bits per heavy atom. The molecule has 0 atom stereocenters. The van der Waals surface area contributed by atoms with Gasteiger partial charge in [0.05, 0.1) is 10.6 Å². The molecule has 3 aromatic heterocycles. The molecule has 3 aromatic rings. The number of hydrogen-bond donors (Lipinski definition) is 2. The first-order valence-electron chi connectivity index (χ1n) is 6.28. The molecule has 22 heavy (non-hydrogen) atoms. The van der Waals surface area contributed by atoms with Crippen LogP contribution in [0.3, 0.4) is 0 Å². The van der Waals surface area contributed by atoms with E-state index in [2.05, 4.69) is 20.4 Å². The van der Waals surface area contributed by atoms with Crippen molar-refractivity contribution in [2.24, 2.45) is 0 Å². The number of anilines is 1. The summed E-state index contributed by atoms with van der Waals surface area (Å²) in [5, 5.41) is 17.4. The molecule has 0 spiro atoms. The summed E-state index contributed by atoms with van der Waals surface area (Å²) in [4.78, 5) is 31.3. The zero-order valence-corrected chi connectivity index (χ0v) is 12.5. The Bertz CT molecular complexity index is 898. The fourth-order valence-electron chi connectivity index (χ4n) is 1.94. The Hall–Kier alpha value is -2.81. The minimum Gasteiger partial charge on any atom is -0.478 e. The number of fused-ring (bicyclic) bond motifs is 1. The van der Waals surface area contributed by atoms with E-state index in [0.717, 1.165) is 22.7 Å². The smallest absolute Gasteiger partial charge is 0.336 e. The average Bonchev–Trinajstić information content (AvgIpc) is 3.05. The second kappa shape index (κ2) is 5.19. The van der Waals surface area contributed by atoms with E-state index in [9.17, 15) is 9.59 Å². The van der Waals surface area contributed by atoms with E-state index in [1.54, 1.807) is 0 Å². The molecule has 0 aliphatic heterocycles. The molecule has 1 amide bonds. The Balaban J connectivity index is 1.88. The van der Waals surface area contributed by atoms with Crippen LogP contribution in [0.25, 0.3) is 5.78 Å². The highest BCUT2D eigenvalue weighted by atomic mass is 32.1. The zero-order valence-electron chi connectivity index (χ0n) is 11.7. The lowest BCUT2D eigenvalue weighted by Crippen LogP contribution is -2.13. The van der Waals surface area contributed by atoms with E-state index in [1.807, 2.05) is 19.9 Å². The van der Waals surface area contributed by atoms with Crippen molar-refractivity contribution < 1.29 is 14.7 Å². The largest absolute Gasteiger partial charge is 0.478 e. The number of nitrogens with zero attached hydrogens (tertiary/aromatic N) is 4. The van der Waals surface area contributed by atoms with Crippen LogP contribution >= 0.6 is 11.3 Å². The lowest BCUT2D eigenvalue weighted by atomic mass is 10.3. The molecule has 0 saturated heterocycles. The van der Waals surface area contributed by atoms with Gasteiger partial charge in [-0.2, -0.15) is 4.98 Å². The van der Waals surface area contributed by atoms with Gasteiger partial charge in [0, 0.05) is 16.8 Å². The first-order chi connectivity index (χ1) is 10.4. The Labute approximate surface area is 128 Å². The van der Waals surface area contributed by atoms with E-state index in [1.165, 1.54) is 16.0 Å². The second-order valence-corrected chi connectivity index (χ2v) is 5.56. The van der Waals surface area contributed by atoms with Crippen molar-refractivity contribution in [3.63, 3.8) is 0 Å². The van der Waals surface area contributed by atoms with Gasteiger partial charge in [-0.25, -0.2) is 14.3 Å². The van der Waals surface area contributed by atoms with Gasteiger partial charge in [0.1, 0.15) is 0 Å². The van der Waals surface area contributed by atoms with Gasteiger partial charge in [0.25, 0.3) is 11.7 Å². The van der Waals surface area contributed by atoms with E-state index in [4.69, 9.17) is 5.11 Å². The number of aryl methyl sites for hydroxylation is 2. The minimum absolute atomic E-state index is 0.0218. The predicted molar refractivity (Wildman–Crippen MR) is 79.5 cm³/mol. The standard InChI is InChI=1S/C13H11N5O3S/c1-6-3-7(2)18-13(14-6)16-10(17-18)11(19)15-9-4-8(5-22-9)12(20)21/h3-5H,1-2H3,(H,15,19)(H,20,21). The third-order valence-corrected chi connectivity index (χ3v) is 3.75. The van der Waals surface area contributed by atoms with Crippen molar-refractivity contribution >= 4 is 34.0 Å². The molecule has 0 unspecified atom stereocenters. The summed E-state index contributed by atoms with van der Waals surface area (Å²) < 4.78 is 1.49. The van der Waals surface area contributed by atoms with Crippen molar-refractivity contribution in [3.05, 3.63) is 40.3 Å². The minimum atomic E-state index is -1.04. The highest BCUT2D eigenvalue weighted by molar-refractivity contribution is 7.14. The molecule has 3 rings (SSSR count). The van der Waals surface area contributed by atoms with Gasteiger partial charge in [-0.1, -0.05) is 0 Å². The summed E-state index contributed by atoms with van der Waals surface area (Å²) in [5.74, 6) is -1.23. The van der Waals surface area contributed by atoms with Gasteiger partial charge >= 0.3 is 5.97 Å². The molecule has 9 heteroatoms. The van der Waals surface area contributed by atoms with Gasteiger partial charge in [0.2, 0.25) is 5.82 Å². The average molecular weight is 317 g/mol. The first-order valence-corrected chi connectivity index (χ1v) is 7.16. The number of rotatable bonds is 3. The fraction of sp³-hybridized carbons (Fsp3) is 0.154. The van der Waals surface area contributed by atoms with Crippen molar-refractivity contribution in [1.29, 1.82) is 0 Å². The van der Waals surface area contributed by atoms with E-state index in [0.29, 0.717) is 10.8 Å². The van der Waals surface area contributed by atoms with E-state index < -0.39 is 11.9 Å². The van der Waals surface area contributed by atoms with Gasteiger partial charge < -0.3 is 10.4 Å². The van der Waals surface area contributed by atoms with Crippen LogP contribution in [0, 0.1) is 13.8 Å². The van der Waals surface area contributed by atoms with Crippen molar-refractivity contribution in [3.8, 4) is 0 Å². The number of hydrogen-bond acceptors (Lipinski definition) is 6. The van der Waals surface area contributed by atoms with Gasteiger partial charge in [-0.3, -0.25) is 4.79 Å². The number of nitrogens with one attached hydrogen (secondary N) is 1. The SMILES string of the molecule is Cc1cc(C)n2nc(C(=O)Nc3cc(C(=O)O)cs3)nc2n1. The van der Waals surface area contributed by atoms with Crippen LogP contribution in [-0.4, -0.2) is 36.6 Å². The molecular weight excluding hydrogens is 306 g/mol. The summed E-state index contributed by atoms with van der Waals surface area (Å²) in [7, 11) is 0. The van der Waals surface area contributed by atoms with Crippen molar-refractivity contribution in [2.75, 3.05) is 5.32 Å². The Morgan fingerprint density at radius 3 is 2.73 bits per heavy atom. The number of amides is 1. The van der Waals surface area contributed by atoms with Crippen LogP contribution in [0.1, 0.15) is 32.4 Å². The van der Waals surface area contributed by atoms with Crippen LogP contribution in [-0.2, 0) is 0 Å². The normalized spacial score (nSPS) is 10.8. The molecule has 3 heterocycles. The maximum Gasteiger partial charge on any atom is 0.336 e. The molecule has 0 aliphatic carbocycles. The number of carbonyl (C=O) groups is 2. The Kier molecular flexibility index (Phi) is 3.33. The van der Waals surface area contributed by atoms with Gasteiger partial charge in [0.15, 0.2) is 0 Å². The molecule has 112 valence electrons. The van der Waals surface area contributed by atoms with Crippen molar-refractivity contribution in [1.82, 2.24) is 19.6 Å². The molecule has 0 bridgehead atoms. The quantitative estimate of drug-likeness (QED) is 0.761. The lowest BCUT2D eigenvalue weighted by Gasteiger charge is -1.97. The second-order valence-electron chi connectivity index (χ2n) is 4.65. The topological polar surface area (TPSA) is 109 Å².